The minimum absolute atomic E-state index is 0.0842. The number of ether oxygens (including phenoxy) is 1. The van der Waals surface area contributed by atoms with Crippen LogP contribution in [0.4, 0.5) is 15.0 Å². The van der Waals surface area contributed by atoms with E-state index in [1.54, 1.807) is 29.0 Å². The fraction of sp³-hybridized carbons (Fsp3) is 0.238. The average Bonchev–Trinajstić information content (AvgIpc) is 3.31. The lowest BCUT2D eigenvalue weighted by Crippen LogP contribution is -2.31. The zero-order valence-electron chi connectivity index (χ0n) is 15.6. The topological polar surface area (TPSA) is 50.6 Å². The highest BCUT2D eigenvalue weighted by molar-refractivity contribution is 5.93. The summed E-state index contributed by atoms with van der Waals surface area (Å²) in [6.07, 6.45) is 1.87. The van der Waals surface area contributed by atoms with E-state index in [4.69, 9.17) is 4.74 Å². The fourth-order valence-corrected chi connectivity index (χ4v) is 3.25. The van der Waals surface area contributed by atoms with E-state index >= 15 is 0 Å². The molecule has 1 aromatic heterocycles. The first-order valence-corrected chi connectivity index (χ1v) is 9.09. The zero-order valence-corrected chi connectivity index (χ0v) is 15.6. The summed E-state index contributed by atoms with van der Waals surface area (Å²) >= 11 is 0. The standard InChI is InChI=1S/C21H21FN4O2/c1-28-19-8-4-17(5-9-19)15-25-11-10-20(23-25)26-13-12-24(21(26)27)14-16-2-6-18(22)7-3-16/h2-11H,12-15H2,1H3. The van der Waals surface area contributed by atoms with Crippen LogP contribution in [-0.4, -0.2) is 40.9 Å². The second-order valence-electron chi connectivity index (χ2n) is 6.70. The molecule has 0 unspecified atom stereocenters. The normalized spacial score (nSPS) is 14.0. The Balaban J connectivity index is 1.40. The van der Waals surface area contributed by atoms with E-state index in [2.05, 4.69) is 5.10 Å². The molecule has 0 spiro atoms. The first kappa shape index (κ1) is 18.0. The predicted molar refractivity (Wildman–Crippen MR) is 104 cm³/mol. The number of hydrogen-bond donors (Lipinski definition) is 0. The van der Waals surface area contributed by atoms with Crippen LogP contribution in [0, 0.1) is 5.82 Å². The molecule has 4 rings (SSSR count). The van der Waals surface area contributed by atoms with Gasteiger partial charge in [-0.3, -0.25) is 9.58 Å². The number of anilines is 1. The number of benzene rings is 2. The highest BCUT2D eigenvalue weighted by atomic mass is 19.1. The Morgan fingerprint density at radius 3 is 2.36 bits per heavy atom. The molecule has 0 radical (unpaired) electrons. The molecular formula is C21H21FN4O2. The Kier molecular flexibility index (Phi) is 4.97. The Hall–Kier alpha value is -3.35. The molecule has 6 nitrogen and oxygen atoms in total. The third kappa shape index (κ3) is 3.83. The number of carbonyl (C=O) groups excluding carboxylic acids is 1. The number of rotatable bonds is 6. The van der Waals surface area contributed by atoms with Crippen molar-refractivity contribution in [2.24, 2.45) is 0 Å². The van der Waals surface area contributed by atoms with E-state index in [9.17, 15) is 9.18 Å². The largest absolute Gasteiger partial charge is 0.497 e. The Bertz CT molecular complexity index is 953. The van der Waals surface area contributed by atoms with E-state index in [-0.39, 0.29) is 11.8 Å². The van der Waals surface area contributed by atoms with Gasteiger partial charge in [0.25, 0.3) is 0 Å². The SMILES string of the molecule is COc1ccc(Cn2ccc(N3CCN(Cc4ccc(F)cc4)C3=O)n2)cc1. The quantitative estimate of drug-likeness (QED) is 0.657. The molecule has 2 aromatic carbocycles. The maximum absolute atomic E-state index is 13.1. The van der Waals surface area contributed by atoms with Gasteiger partial charge in [0.15, 0.2) is 5.82 Å². The molecule has 0 atom stereocenters. The van der Waals surface area contributed by atoms with Crippen LogP contribution in [0.3, 0.4) is 0 Å². The zero-order chi connectivity index (χ0) is 19.5. The number of carbonyl (C=O) groups is 1. The molecule has 1 aliphatic heterocycles. The second kappa shape index (κ2) is 7.72. The summed E-state index contributed by atoms with van der Waals surface area (Å²) < 4.78 is 20.0. The number of amides is 2. The molecule has 0 saturated carbocycles. The van der Waals surface area contributed by atoms with E-state index in [1.165, 1.54) is 12.1 Å². The molecule has 28 heavy (non-hydrogen) atoms. The maximum atomic E-state index is 13.1. The minimum atomic E-state index is -0.277. The molecule has 1 fully saturated rings. The van der Waals surface area contributed by atoms with Gasteiger partial charge in [0, 0.05) is 31.9 Å². The molecule has 7 heteroatoms. The molecule has 2 heterocycles. The van der Waals surface area contributed by atoms with Crippen LogP contribution < -0.4 is 9.64 Å². The number of nitrogens with zero attached hydrogens (tertiary/aromatic N) is 4. The molecule has 3 aromatic rings. The van der Waals surface area contributed by atoms with Gasteiger partial charge in [-0.25, -0.2) is 9.18 Å². The first-order valence-electron chi connectivity index (χ1n) is 9.09. The van der Waals surface area contributed by atoms with Crippen molar-refractivity contribution < 1.29 is 13.9 Å². The molecule has 1 saturated heterocycles. The van der Waals surface area contributed by atoms with Gasteiger partial charge in [-0.2, -0.15) is 5.10 Å². The first-order chi connectivity index (χ1) is 13.6. The summed E-state index contributed by atoms with van der Waals surface area (Å²) in [6.45, 7) is 2.27. The highest BCUT2D eigenvalue weighted by Crippen LogP contribution is 2.21. The summed E-state index contributed by atoms with van der Waals surface area (Å²) in [5.74, 6) is 1.18. The summed E-state index contributed by atoms with van der Waals surface area (Å²) in [6, 6.07) is 15.8. The number of methoxy groups -OCH3 is 1. The van der Waals surface area contributed by atoms with Gasteiger partial charge in [-0.1, -0.05) is 24.3 Å². The Morgan fingerprint density at radius 1 is 0.964 bits per heavy atom. The number of halogens is 1. The maximum Gasteiger partial charge on any atom is 0.326 e. The van der Waals surface area contributed by atoms with Crippen LogP contribution in [0.1, 0.15) is 11.1 Å². The van der Waals surface area contributed by atoms with Crippen molar-refractivity contribution in [2.75, 3.05) is 25.1 Å². The summed E-state index contributed by atoms with van der Waals surface area (Å²) in [5.41, 5.74) is 2.00. The lowest BCUT2D eigenvalue weighted by molar-refractivity contribution is 0.218. The summed E-state index contributed by atoms with van der Waals surface area (Å²) in [7, 11) is 1.64. The number of aromatic nitrogens is 2. The number of hydrogen-bond acceptors (Lipinski definition) is 3. The minimum Gasteiger partial charge on any atom is -0.497 e. The number of urea groups is 1. The van der Waals surface area contributed by atoms with Crippen molar-refractivity contribution in [3.8, 4) is 5.75 Å². The third-order valence-electron chi connectivity index (χ3n) is 4.79. The second-order valence-corrected chi connectivity index (χ2v) is 6.70. The van der Waals surface area contributed by atoms with E-state index in [1.807, 2.05) is 41.2 Å². The molecule has 0 N–H and O–H groups in total. The van der Waals surface area contributed by atoms with Gasteiger partial charge >= 0.3 is 6.03 Å². The van der Waals surface area contributed by atoms with Crippen molar-refractivity contribution in [3.63, 3.8) is 0 Å². The monoisotopic (exact) mass is 380 g/mol. The fourth-order valence-electron chi connectivity index (χ4n) is 3.25. The van der Waals surface area contributed by atoms with Crippen LogP contribution in [0.2, 0.25) is 0 Å². The van der Waals surface area contributed by atoms with Crippen LogP contribution in [0.15, 0.2) is 60.8 Å². The molecule has 1 aliphatic rings. The van der Waals surface area contributed by atoms with Crippen molar-refractivity contribution >= 4 is 11.8 Å². The van der Waals surface area contributed by atoms with Crippen LogP contribution >= 0.6 is 0 Å². The molecule has 2 amide bonds. The Labute approximate surface area is 162 Å². The Morgan fingerprint density at radius 2 is 1.64 bits per heavy atom. The molecule has 0 aliphatic carbocycles. The van der Waals surface area contributed by atoms with Crippen LogP contribution in [0.5, 0.6) is 5.75 Å². The average molecular weight is 380 g/mol. The van der Waals surface area contributed by atoms with E-state index in [0.29, 0.717) is 32.0 Å². The predicted octanol–water partition coefficient (Wildman–Crippen LogP) is 3.52. The van der Waals surface area contributed by atoms with Gasteiger partial charge in [0.1, 0.15) is 11.6 Å². The molecule has 0 bridgehead atoms. The van der Waals surface area contributed by atoms with Crippen molar-refractivity contribution in [2.45, 2.75) is 13.1 Å². The van der Waals surface area contributed by atoms with Gasteiger partial charge in [-0.15, -0.1) is 0 Å². The van der Waals surface area contributed by atoms with E-state index in [0.717, 1.165) is 16.9 Å². The molecular weight excluding hydrogens is 359 g/mol. The smallest absolute Gasteiger partial charge is 0.326 e. The van der Waals surface area contributed by atoms with Crippen molar-refractivity contribution in [1.82, 2.24) is 14.7 Å². The van der Waals surface area contributed by atoms with Crippen LogP contribution in [-0.2, 0) is 13.1 Å². The van der Waals surface area contributed by atoms with Crippen LogP contribution in [0.25, 0.3) is 0 Å². The highest BCUT2D eigenvalue weighted by Gasteiger charge is 2.30. The van der Waals surface area contributed by atoms with Crippen molar-refractivity contribution in [1.29, 1.82) is 0 Å². The van der Waals surface area contributed by atoms with Gasteiger partial charge in [0.05, 0.1) is 13.7 Å². The summed E-state index contributed by atoms with van der Waals surface area (Å²) in [4.78, 5) is 16.2. The van der Waals surface area contributed by atoms with Gasteiger partial charge < -0.3 is 9.64 Å². The van der Waals surface area contributed by atoms with Gasteiger partial charge in [-0.05, 0) is 35.4 Å². The lowest BCUT2D eigenvalue weighted by Gasteiger charge is -2.17. The third-order valence-corrected chi connectivity index (χ3v) is 4.79. The molecule has 144 valence electrons. The summed E-state index contributed by atoms with van der Waals surface area (Å²) in [5, 5.41) is 4.55. The van der Waals surface area contributed by atoms with E-state index < -0.39 is 0 Å². The lowest BCUT2D eigenvalue weighted by atomic mass is 10.2. The van der Waals surface area contributed by atoms with Crippen molar-refractivity contribution in [3.05, 3.63) is 77.7 Å². The van der Waals surface area contributed by atoms with Gasteiger partial charge in [0.2, 0.25) is 0 Å².